The van der Waals surface area contributed by atoms with Gasteiger partial charge in [0.1, 0.15) is 10.6 Å². The minimum atomic E-state index is -3.90. The molecule has 0 radical (unpaired) electrons. The van der Waals surface area contributed by atoms with Gasteiger partial charge in [-0.25, -0.2) is 8.42 Å². The quantitative estimate of drug-likeness (QED) is 0.679. The topological polar surface area (TPSA) is 95.9 Å². The highest BCUT2D eigenvalue weighted by molar-refractivity contribution is 7.89. The molecule has 20 heavy (non-hydrogen) atoms. The number of para-hydroxylation sites is 1. The smallest absolute Gasteiger partial charge is 0.246 e. The second kappa shape index (κ2) is 7.22. The van der Waals surface area contributed by atoms with Gasteiger partial charge in [0.2, 0.25) is 15.9 Å². The van der Waals surface area contributed by atoms with Crippen LogP contribution < -0.4 is 5.32 Å². The van der Waals surface area contributed by atoms with Crippen molar-refractivity contribution in [1.29, 1.82) is 0 Å². The molecule has 0 aromatic heterocycles. The zero-order valence-corrected chi connectivity index (χ0v) is 12.2. The number of phenolic OH excluding ortho intramolecular Hbond substituents is 1. The minimum Gasteiger partial charge on any atom is -0.507 e. The van der Waals surface area contributed by atoms with Crippen LogP contribution in [0.3, 0.4) is 0 Å². The van der Waals surface area contributed by atoms with Crippen LogP contribution in [0.2, 0.25) is 0 Å². The van der Waals surface area contributed by atoms with Crippen LogP contribution in [0.5, 0.6) is 5.75 Å². The normalized spacial score (nSPS) is 11.6. The first-order valence-corrected chi connectivity index (χ1v) is 7.33. The molecule has 0 saturated heterocycles. The van der Waals surface area contributed by atoms with Crippen molar-refractivity contribution in [2.24, 2.45) is 0 Å². The van der Waals surface area contributed by atoms with Crippen molar-refractivity contribution >= 4 is 15.9 Å². The molecule has 112 valence electrons. The van der Waals surface area contributed by atoms with Gasteiger partial charge in [0.15, 0.2) is 0 Å². The molecule has 0 fully saturated rings. The number of hydrogen-bond acceptors (Lipinski definition) is 5. The van der Waals surface area contributed by atoms with Gasteiger partial charge in [0.05, 0.1) is 13.2 Å². The summed E-state index contributed by atoms with van der Waals surface area (Å²) in [5.74, 6) is -0.789. The Morgan fingerprint density at radius 3 is 2.65 bits per heavy atom. The van der Waals surface area contributed by atoms with E-state index in [1.165, 1.54) is 38.4 Å². The zero-order valence-electron chi connectivity index (χ0n) is 11.4. The van der Waals surface area contributed by atoms with E-state index in [9.17, 15) is 18.3 Å². The molecule has 0 spiro atoms. The first-order valence-electron chi connectivity index (χ1n) is 5.89. The van der Waals surface area contributed by atoms with Crippen molar-refractivity contribution in [2.45, 2.75) is 4.90 Å². The molecule has 0 aliphatic heterocycles. The van der Waals surface area contributed by atoms with Crippen LogP contribution in [0, 0.1) is 0 Å². The monoisotopic (exact) mass is 302 g/mol. The number of aromatic hydroxyl groups is 1. The summed E-state index contributed by atoms with van der Waals surface area (Å²) in [6, 6.07) is 5.58. The van der Waals surface area contributed by atoms with Gasteiger partial charge in [0.25, 0.3) is 0 Å². The Bertz CT molecular complexity index is 559. The zero-order chi connectivity index (χ0) is 15.2. The summed E-state index contributed by atoms with van der Waals surface area (Å²) in [6.45, 7) is 0.321. The van der Waals surface area contributed by atoms with E-state index in [2.05, 4.69) is 5.32 Å². The van der Waals surface area contributed by atoms with E-state index >= 15 is 0 Å². The molecule has 1 aromatic rings. The van der Waals surface area contributed by atoms with Crippen molar-refractivity contribution < 1.29 is 23.1 Å². The first kappa shape index (κ1) is 16.4. The number of carbonyl (C=O) groups is 1. The van der Waals surface area contributed by atoms with Crippen molar-refractivity contribution in [3.8, 4) is 5.75 Å². The fraction of sp³-hybridized carbons (Fsp3) is 0.417. The SMILES string of the molecule is COCCNC(=O)CN(C)S(=O)(=O)c1ccccc1O. The molecular weight excluding hydrogens is 284 g/mol. The van der Waals surface area contributed by atoms with E-state index in [1.54, 1.807) is 0 Å². The summed E-state index contributed by atoms with van der Waals surface area (Å²) in [7, 11) is -1.13. The van der Waals surface area contributed by atoms with Crippen molar-refractivity contribution in [3.63, 3.8) is 0 Å². The Hall–Kier alpha value is -1.64. The number of hydrogen-bond donors (Lipinski definition) is 2. The maximum atomic E-state index is 12.2. The highest BCUT2D eigenvalue weighted by atomic mass is 32.2. The van der Waals surface area contributed by atoms with E-state index < -0.39 is 15.9 Å². The van der Waals surface area contributed by atoms with Crippen molar-refractivity contribution in [1.82, 2.24) is 9.62 Å². The second-order valence-electron chi connectivity index (χ2n) is 4.07. The number of nitrogens with one attached hydrogen (secondary N) is 1. The maximum Gasteiger partial charge on any atom is 0.246 e. The Morgan fingerprint density at radius 2 is 2.05 bits per heavy atom. The molecule has 0 heterocycles. The molecule has 1 rings (SSSR count). The molecule has 1 amide bonds. The molecular formula is C12H18N2O5S. The number of nitrogens with zero attached hydrogens (tertiary/aromatic N) is 1. The third kappa shape index (κ3) is 4.19. The Balaban J connectivity index is 2.73. The lowest BCUT2D eigenvalue weighted by Crippen LogP contribution is -2.39. The molecule has 1 aromatic carbocycles. The van der Waals surface area contributed by atoms with Gasteiger partial charge < -0.3 is 15.2 Å². The number of phenols is 1. The van der Waals surface area contributed by atoms with Gasteiger partial charge in [0, 0.05) is 20.7 Å². The lowest BCUT2D eigenvalue weighted by Gasteiger charge is -2.17. The van der Waals surface area contributed by atoms with Crippen LogP contribution in [-0.2, 0) is 19.6 Å². The van der Waals surface area contributed by atoms with Crippen LogP contribution in [-0.4, -0.2) is 57.6 Å². The molecule has 0 aliphatic carbocycles. The third-order valence-electron chi connectivity index (χ3n) is 2.55. The van der Waals surface area contributed by atoms with Gasteiger partial charge >= 0.3 is 0 Å². The minimum absolute atomic E-state index is 0.229. The standard InChI is InChI=1S/C12H18N2O5S/c1-14(9-12(16)13-7-8-19-2)20(17,18)11-6-4-3-5-10(11)15/h3-6,15H,7-9H2,1-2H3,(H,13,16). The highest BCUT2D eigenvalue weighted by Crippen LogP contribution is 2.23. The van der Waals surface area contributed by atoms with Gasteiger partial charge in [-0.1, -0.05) is 12.1 Å². The van der Waals surface area contributed by atoms with Crippen LogP contribution in [0.4, 0.5) is 0 Å². The summed E-state index contributed by atoms with van der Waals surface area (Å²) < 4.78 is 30.0. The summed E-state index contributed by atoms with van der Waals surface area (Å²) in [5, 5.41) is 12.1. The molecule has 0 atom stereocenters. The van der Waals surface area contributed by atoms with E-state index in [0.29, 0.717) is 13.2 Å². The molecule has 0 unspecified atom stereocenters. The number of benzene rings is 1. The van der Waals surface area contributed by atoms with Gasteiger partial charge in [-0.3, -0.25) is 4.79 Å². The van der Waals surface area contributed by atoms with Crippen molar-refractivity contribution in [3.05, 3.63) is 24.3 Å². The molecule has 2 N–H and O–H groups in total. The average Bonchev–Trinajstić information content (AvgIpc) is 2.39. The summed E-state index contributed by atoms with van der Waals surface area (Å²) in [6.07, 6.45) is 0. The predicted molar refractivity (Wildman–Crippen MR) is 72.8 cm³/mol. The molecule has 7 nitrogen and oxygen atoms in total. The van der Waals surface area contributed by atoms with E-state index in [4.69, 9.17) is 4.74 Å². The van der Waals surface area contributed by atoms with Crippen LogP contribution in [0.25, 0.3) is 0 Å². The Morgan fingerprint density at radius 1 is 1.40 bits per heavy atom. The summed E-state index contributed by atoms with van der Waals surface area (Å²) in [4.78, 5) is 11.3. The average molecular weight is 302 g/mol. The van der Waals surface area contributed by atoms with Crippen LogP contribution in [0.15, 0.2) is 29.2 Å². The maximum absolute atomic E-state index is 12.2. The lowest BCUT2D eigenvalue weighted by atomic mass is 10.3. The van der Waals surface area contributed by atoms with Crippen LogP contribution in [0.1, 0.15) is 0 Å². The van der Waals surface area contributed by atoms with E-state index in [0.717, 1.165) is 4.31 Å². The number of sulfonamides is 1. The second-order valence-corrected chi connectivity index (χ2v) is 6.08. The fourth-order valence-corrected chi connectivity index (χ4v) is 2.68. The number of carbonyl (C=O) groups excluding carboxylic acids is 1. The van der Waals surface area contributed by atoms with E-state index in [-0.39, 0.29) is 17.2 Å². The first-order chi connectivity index (χ1) is 9.39. The predicted octanol–water partition coefficient (Wildman–Crippen LogP) is -0.225. The number of ether oxygens (including phenoxy) is 1. The highest BCUT2D eigenvalue weighted by Gasteiger charge is 2.25. The Kier molecular flexibility index (Phi) is 5.93. The van der Waals surface area contributed by atoms with Crippen LogP contribution >= 0.6 is 0 Å². The number of amides is 1. The molecule has 8 heteroatoms. The van der Waals surface area contributed by atoms with Gasteiger partial charge in [-0.15, -0.1) is 0 Å². The summed E-state index contributed by atoms with van der Waals surface area (Å²) >= 11 is 0. The Labute approximate surface area is 118 Å². The molecule has 0 aliphatic rings. The van der Waals surface area contributed by atoms with Gasteiger partial charge in [-0.2, -0.15) is 4.31 Å². The van der Waals surface area contributed by atoms with Crippen molar-refractivity contribution in [2.75, 3.05) is 33.9 Å². The fourth-order valence-electron chi connectivity index (χ4n) is 1.48. The lowest BCUT2D eigenvalue weighted by molar-refractivity contribution is -0.121. The number of methoxy groups -OCH3 is 1. The van der Waals surface area contributed by atoms with Gasteiger partial charge in [-0.05, 0) is 12.1 Å². The summed E-state index contributed by atoms with van der Waals surface area (Å²) in [5.41, 5.74) is 0. The molecule has 0 saturated carbocycles. The largest absolute Gasteiger partial charge is 0.507 e. The third-order valence-corrected chi connectivity index (χ3v) is 4.40. The van der Waals surface area contributed by atoms with E-state index in [1.807, 2.05) is 0 Å². The molecule has 0 bridgehead atoms. The number of rotatable bonds is 7. The number of likely N-dealkylation sites (N-methyl/N-ethyl adjacent to an activating group) is 1.